The van der Waals surface area contributed by atoms with E-state index in [1.54, 1.807) is 12.1 Å². The summed E-state index contributed by atoms with van der Waals surface area (Å²) in [5.74, 6) is 2.46. The molecule has 2 aromatic carbocycles. The molecule has 0 saturated heterocycles. The van der Waals surface area contributed by atoms with E-state index in [9.17, 15) is 0 Å². The van der Waals surface area contributed by atoms with Crippen molar-refractivity contribution < 1.29 is 18.9 Å². The van der Waals surface area contributed by atoms with Crippen LogP contribution in [0.1, 0.15) is 38.8 Å². The maximum atomic E-state index is 5.84. The maximum absolute atomic E-state index is 5.84. The summed E-state index contributed by atoms with van der Waals surface area (Å²) in [6.45, 7) is 9.75. The molecule has 0 saturated carbocycles. The molecule has 0 aliphatic heterocycles. The van der Waals surface area contributed by atoms with E-state index in [1.165, 1.54) is 12.4 Å². The molecule has 34 heavy (non-hydrogen) atoms. The average Bonchev–Trinajstić information content (AvgIpc) is 2.82. The quantitative estimate of drug-likeness (QED) is 0.278. The minimum absolute atomic E-state index is 0.0638. The fourth-order valence-electron chi connectivity index (χ4n) is 2.71. The molecule has 4 N–H and O–H groups in total. The van der Waals surface area contributed by atoms with Crippen molar-refractivity contribution in [1.29, 1.82) is 0 Å². The van der Waals surface area contributed by atoms with Gasteiger partial charge in [0.1, 0.15) is 0 Å². The van der Waals surface area contributed by atoms with Crippen molar-refractivity contribution in [1.82, 2.24) is 0 Å². The monoisotopic (exact) mass is 468 g/mol. The molecule has 10 nitrogen and oxygen atoms in total. The van der Waals surface area contributed by atoms with Gasteiger partial charge in [-0.25, -0.2) is 0 Å². The number of hydrogen-bond acceptors (Lipinski definition) is 8. The molecule has 0 atom stereocenters. The second-order valence-corrected chi connectivity index (χ2v) is 6.60. The highest BCUT2D eigenvalue weighted by Crippen LogP contribution is 2.28. The summed E-state index contributed by atoms with van der Waals surface area (Å²) in [4.78, 5) is 0. The molecular formula is C24H32N6O4. The van der Waals surface area contributed by atoms with Crippen LogP contribution < -0.4 is 30.4 Å². The standard InChI is InChI=1S/C24H32N6O4/c1-5-31-19-11-9-17(13-21(19)33-7-3)15-27-29-23(25)24(26)30-28-16-18-10-12-20(32-6-2)22(14-18)34-8-4/h9-16H,5-8H2,1-4H3,(H2,25,29)(H2,26,30)/b27-15-,28-16?. The maximum Gasteiger partial charge on any atom is 0.190 e. The zero-order valence-corrected chi connectivity index (χ0v) is 20.0. The number of hydrogen-bond donors (Lipinski definition) is 2. The van der Waals surface area contributed by atoms with Gasteiger partial charge in [0.15, 0.2) is 34.7 Å². The molecule has 2 aromatic rings. The summed E-state index contributed by atoms with van der Waals surface area (Å²) >= 11 is 0. The number of benzene rings is 2. The van der Waals surface area contributed by atoms with Gasteiger partial charge in [-0.05, 0) is 75.2 Å². The van der Waals surface area contributed by atoms with E-state index in [4.69, 9.17) is 30.4 Å². The molecule has 0 heterocycles. The minimum atomic E-state index is -0.0638. The molecule has 0 aliphatic rings. The van der Waals surface area contributed by atoms with Crippen molar-refractivity contribution in [3.8, 4) is 23.0 Å². The predicted octanol–water partition coefficient (Wildman–Crippen LogP) is 3.36. The molecule has 0 unspecified atom stereocenters. The Hall–Kier alpha value is -4.08. The van der Waals surface area contributed by atoms with Gasteiger partial charge < -0.3 is 30.4 Å². The molecule has 0 aromatic heterocycles. The minimum Gasteiger partial charge on any atom is -0.490 e. The summed E-state index contributed by atoms with van der Waals surface area (Å²) in [7, 11) is 0. The molecule has 0 radical (unpaired) electrons. The van der Waals surface area contributed by atoms with Gasteiger partial charge in [-0.1, -0.05) is 0 Å². The first-order valence-corrected chi connectivity index (χ1v) is 11.0. The second-order valence-electron chi connectivity index (χ2n) is 6.60. The fraction of sp³-hybridized carbons (Fsp3) is 0.333. The van der Waals surface area contributed by atoms with Crippen LogP contribution in [0.3, 0.4) is 0 Å². The molecule has 0 spiro atoms. The lowest BCUT2D eigenvalue weighted by molar-refractivity contribution is 0.288. The lowest BCUT2D eigenvalue weighted by atomic mass is 10.2. The third-order valence-corrected chi connectivity index (χ3v) is 4.14. The molecule has 0 bridgehead atoms. The van der Waals surface area contributed by atoms with Gasteiger partial charge in [0.05, 0.1) is 38.9 Å². The van der Waals surface area contributed by atoms with Gasteiger partial charge >= 0.3 is 0 Å². The van der Waals surface area contributed by atoms with Crippen LogP contribution in [0.2, 0.25) is 0 Å². The van der Waals surface area contributed by atoms with Crippen LogP contribution in [-0.4, -0.2) is 50.5 Å². The number of nitrogens with zero attached hydrogens (tertiary/aromatic N) is 4. The number of nitrogens with two attached hydrogens (primary N) is 2. The molecule has 2 rings (SSSR count). The van der Waals surface area contributed by atoms with Gasteiger partial charge in [-0.3, -0.25) is 0 Å². The molecule has 0 fully saturated rings. The highest BCUT2D eigenvalue weighted by atomic mass is 16.5. The summed E-state index contributed by atoms with van der Waals surface area (Å²) in [5, 5.41) is 15.7. The number of rotatable bonds is 12. The Labute approximate surface area is 200 Å². The summed E-state index contributed by atoms with van der Waals surface area (Å²) < 4.78 is 22.3. The second kappa shape index (κ2) is 14.1. The van der Waals surface area contributed by atoms with Gasteiger partial charge in [0, 0.05) is 0 Å². The first kappa shape index (κ1) is 26.2. The Bertz CT molecular complexity index is 966. The van der Waals surface area contributed by atoms with Crippen LogP contribution in [0.25, 0.3) is 0 Å². The van der Waals surface area contributed by atoms with Crippen LogP contribution in [0.15, 0.2) is 56.8 Å². The van der Waals surface area contributed by atoms with Crippen LogP contribution in [0.4, 0.5) is 0 Å². The van der Waals surface area contributed by atoms with E-state index in [2.05, 4.69) is 20.4 Å². The fourth-order valence-corrected chi connectivity index (χ4v) is 2.71. The Morgan fingerprint density at radius 3 is 1.32 bits per heavy atom. The van der Waals surface area contributed by atoms with Crippen molar-refractivity contribution in [2.24, 2.45) is 31.9 Å². The molecular weight excluding hydrogens is 436 g/mol. The van der Waals surface area contributed by atoms with Crippen LogP contribution >= 0.6 is 0 Å². The van der Waals surface area contributed by atoms with Crippen LogP contribution in [0.5, 0.6) is 23.0 Å². The van der Waals surface area contributed by atoms with Crippen molar-refractivity contribution >= 4 is 24.1 Å². The zero-order chi connectivity index (χ0) is 24.8. The molecule has 0 amide bonds. The Morgan fingerprint density at radius 2 is 0.971 bits per heavy atom. The lowest BCUT2D eigenvalue weighted by Gasteiger charge is -2.10. The smallest absolute Gasteiger partial charge is 0.190 e. The van der Waals surface area contributed by atoms with E-state index in [1.807, 2.05) is 52.0 Å². The third kappa shape index (κ3) is 8.12. The molecule has 0 aliphatic carbocycles. The van der Waals surface area contributed by atoms with E-state index in [-0.39, 0.29) is 11.7 Å². The largest absolute Gasteiger partial charge is 0.490 e. The van der Waals surface area contributed by atoms with Crippen molar-refractivity contribution in [2.75, 3.05) is 26.4 Å². The van der Waals surface area contributed by atoms with Crippen molar-refractivity contribution in [3.63, 3.8) is 0 Å². The van der Waals surface area contributed by atoms with E-state index in [0.717, 1.165) is 11.1 Å². The van der Waals surface area contributed by atoms with Gasteiger partial charge in [-0.15, -0.1) is 10.2 Å². The summed E-state index contributed by atoms with van der Waals surface area (Å²) in [6.07, 6.45) is 3.05. The van der Waals surface area contributed by atoms with Crippen molar-refractivity contribution in [2.45, 2.75) is 27.7 Å². The van der Waals surface area contributed by atoms with Gasteiger partial charge in [0.2, 0.25) is 0 Å². The summed E-state index contributed by atoms with van der Waals surface area (Å²) in [5.41, 5.74) is 13.2. The predicted molar refractivity (Wildman–Crippen MR) is 136 cm³/mol. The van der Waals surface area contributed by atoms with E-state index in [0.29, 0.717) is 49.4 Å². The zero-order valence-electron chi connectivity index (χ0n) is 20.0. The van der Waals surface area contributed by atoms with Gasteiger partial charge in [0.25, 0.3) is 0 Å². The lowest BCUT2D eigenvalue weighted by Crippen LogP contribution is -2.30. The molecule has 182 valence electrons. The highest BCUT2D eigenvalue weighted by molar-refractivity contribution is 6.39. The Balaban J connectivity index is 2.07. The first-order chi connectivity index (χ1) is 16.5. The van der Waals surface area contributed by atoms with Crippen molar-refractivity contribution in [3.05, 3.63) is 47.5 Å². The first-order valence-electron chi connectivity index (χ1n) is 11.0. The third-order valence-electron chi connectivity index (χ3n) is 4.14. The van der Waals surface area contributed by atoms with Crippen LogP contribution in [0, 0.1) is 0 Å². The van der Waals surface area contributed by atoms with Gasteiger partial charge in [-0.2, -0.15) is 10.2 Å². The molecule has 10 heteroatoms. The highest BCUT2D eigenvalue weighted by Gasteiger charge is 2.06. The average molecular weight is 469 g/mol. The van der Waals surface area contributed by atoms with E-state index < -0.39 is 0 Å². The SMILES string of the molecule is CCOc1ccc(C=N\N=C(N)/C(N)=N/N=C\c2ccc(OCC)c(OCC)c2)cc1OCC. The Kier molecular flexibility index (Phi) is 10.9. The normalized spacial score (nSPS) is 12.4. The number of amidine groups is 2. The Morgan fingerprint density at radius 1 is 0.618 bits per heavy atom. The topological polar surface area (TPSA) is 138 Å². The van der Waals surface area contributed by atoms with E-state index >= 15 is 0 Å². The number of ether oxygens (including phenoxy) is 4. The summed E-state index contributed by atoms with van der Waals surface area (Å²) in [6, 6.07) is 10.9. The van der Waals surface area contributed by atoms with Crippen LogP contribution in [-0.2, 0) is 0 Å².